The smallest absolute Gasteiger partial charge is 0.390 e. The molecule has 0 bridgehead atoms. The monoisotopic (exact) mass is 302 g/mol. The minimum Gasteiger partial charge on any atom is -0.390 e. The van der Waals surface area contributed by atoms with Gasteiger partial charge < -0.3 is 9.15 Å². The van der Waals surface area contributed by atoms with Gasteiger partial charge in [0.25, 0.3) is 0 Å². The van der Waals surface area contributed by atoms with E-state index >= 15 is 0 Å². The van der Waals surface area contributed by atoms with Crippen molar-refractivity contribution >= 4 is 15.9 Å². The second-order valence-corrected chi connectivity index (χ2v) is 4.26. The van der Waals surface area contributed by atoms with Crippen LogP contribution in [0.4, 0.5) is 0 Å². The van der Waals surface area contributed by atoms with Crippen LogP contribution in [0.1, 0.15) is 5.89 Å². The summed E-state index contributed by atoms with van der Waals surface area (Å²) in [5.74, 6) is -0.206. The van der Waals surface area contributed by atoms with E-state index in [0.717, 1.165) is 4.47 Å². The Kier molecular flexibility index (Phi) is 3.75. The largest absolute Gasteiger partial charge is 0.437 e. The lowest BCUT2D eigenvalue weighted by atomic mass is 10.6. The van der Waals surface area contributed by atoms with Crippen LogP contribution in [0.5, 0.6) is 0 Å². The predicted molar refractivity (Wildman–Crippen MR) is 61.4 cm³/mol. The average molecular weight is 303 g/mol. The summed E-state index contributed by atoms with van der Waals surface area (Å²) in [6, 6.07) is 0. The number of methoxy groups -OCH3 is 1. The summed E-state index contributed by atoms with van der Waals surface area (Å²) in [6.45, 7) is 1.14. The molecule has 17 heavy (non-hydrogen) atoms. The van der Waals surface area contributed by atoms with Crippen LogP contribution in [0.15, 0.2) is 26.1 Å². The summed E-state index contributed by atoms with van der Waals surface area (Å²) in [6.07, 6.45) is 3.50. The lowest BCUT2D eigenvalue weighted by Gasteiger charge is -1.99. The fourth-order valence-electron chi connectivity index (χ4n) is 1.33. The van der Waals surface area contributed by atoms with E-state index in [1.807, 2.05) is 6.20 Å². The van der Waals surface area contributed by atoms with Crippen LogP contribution >= 0.6 is 15.9 Å². The summed E-state index contributed by atoms with van der Waals surface area (Å²) in [7, 11) is 1.51. The van der Waals surface area contributed by atoms with Crippen LogP contribution in [0.2, 0.25) is 0 Å². The summed E-state index contributed by atoms with van der Waals surface area (Å²) in [4.78, 5) is 11.4. The molecule has 0 spiro atoms. The quantitative estimate of drug-likeness (QED) is 0.810. The highest BCUT2D eigenvalue weighted by Crippen LogP contribution is 2.05. The second kappa shape index (κ2) is 5.28. The van der Waals surface area contributed by atoms with Gasteiger partial charge in [-0.25, -0.2) is 4.79 Å². The molecular formula is C9H11BrN4O3. The maximum absolute atomic E-state index is 11.4. The van der Waals surface area contributed by atoms with E-state index in [4.69, 9.17) is 9.15 Å². The first kappa shape index (κ1) is 12.1. The minimum atomic E-state index is -0.483. The lowest BCUT2D eigenvalue weighted by Crippen LogP contribution is -2.19. The third kappa shape index (κ3) is 3.04. The molecule has 0 atom stereocenters. The van der Waals surface area contributed by atoms with E-state index in [9.17, 15) is 4.79 Å². The fourth-order valence-corrected chi connectivity index (χ4v) is 1.66. The number of rotatable bonds is 5. The Balaban J connectivity index is 2.01. The van der Waals surface area contributed by atoms with Gasteiger partial charge in [0.05, 0.1) is 23.8 Å². The third-order valence-electron chi connectivity index (χ3n) is 2.06. The van der Waals surface area contributed by atoms with Crippen LogP contribution in [-0.4, -0.2) is 26.7 Å². The van der Waals surface area contributed by atoms with Gasteiger partial charge in [-0.3, -0.25) is 4.68 Å². The standard InChI is InChI=1S/C9H11BrN4O3/c1-16-6-8-12-14(9(15)17-8)3-2-13-5-7(10)4-11-13/h4-5H,2-3,6H2,1H3. The van der Waals surface area contributed by atoms with Crippen LogP contribution in [0, 0.1) is 0 Å². The third-order valence-corrected chi connectivity index (χ3v) is 2.47. The molecule has 0 aliphatic heterocycles. The number of hydrogen-bond acceptors (Lipinski definition) is 5. The maximum Gasteiger partial charge on any atom is 0.437 e. The first-order valence-corrected chi connectivity index (χ1v) is 5.72. The number of aryl methyl sites for hydroxylation is 2. The van der Waals surface area contributed by atoms with Crippen molar-refractivity contribution in [3.63, 3.8) is 0 Å². The van der Waals surface area contributed by atoms with E-state index in [2.05, 4.69) is 26.1 Å². The van der Waals surface area contributed by atoms with Gasteiger partial charge in [-0.2, -0.15) is 9.78 Å². The number of aromatic nitrogens is 4. The van der Waals surface area contributed by atoms with E-state index in [-0.39, 0.29) is 12.5 Å². The summed E-state index contributed by atoms with van der Waals surface area (Å²) in [5, 5.41) is 8.06. The van der Waals surface area contributed by atoms with Gasteiger partial charge in [0, 0.05) is 13.3 Å². The Morgan fingerprint density at radius 1 is 1.53 bits per heavy atom. The molecule has 0 aliphatic rings. The van der Waals surface area contributed by atoms with E-state index in [1.54, 1.807) is 10.9 Å². The van der Waals surface area contributed by atoms with Crippen molar-refractivity contribution in [3.05, 3.63) is 33.3 Å². The summed E-state index contributed by atoms with van der Waals surface area (Å²) in [5.41, 5.74) is 0. The zero-order valence-electron chi connectivity index (χ0n) is 9.17. The van der Waals surface area contributed by atoms with Gasteiger partial charge in [-0.1, -0.05) is 0 Å². The van der Waals surface area contributed by atoms with Gasteiger partial charge in [-0.15, -0.1) is 5.10 Å². The van der Waals surface area contributed by atoms with Crippen molar-refractivity contribution in [2.75, 3.05) is 7.11 Å². The molecule has 8 heteroatoms. The molecule has 0 unspecified atom stereocenters. The van der Waals surface area contributed by atoms with E-state index < -0.39 is 5.76 Å². The number of ether oxygens (including phenoxy) is 1. The molecule has 0 amide bonds. The van der Waals surface area contributed by atoms with Gasteiger partial charge in [-0.05, 0) is 15.9 Å². The highest BCUT2D eigenvalue weighted by molar-refractivity contribution is 9.10. The van der Waals surface area contributed by atoms with Crippen LogP contribution in [0.25, 0.3) is 0 Å². The normalized spacial score (nSPS) is 10.9. The topological polar surface area (TPSA) is 75.1 Å². The van der Waals surface area contributed by atoms with Crippen LogP contribution < -0.4 is 5.76 Å². The number of hydrogen-bond donors (Lipinski definition) is 0. The molecule has 0 saturated heterocycles. The maximum atomic E-state index is 11.4. The molecule has 2 heterocycles. The van der Waals surface area contributed by atoms with Gasteiger partial charge >= 0.3 is 5.76 Å². The molecule has 0 saturated carbocycles. The minimum absolute atomic E-state index is 0.190. The zero-order chi connectivity index (χ0) is 12.3. The molecular weight excluding hydrogens is 292 g/mol. The first-order chi connectivity index (χ1) is 8.19. The molecule has 2 rings (SSSR count). The highest BCUT2D eigenvalue weighted by Gasteiger charge is 2.07. The Bertz CT molecular complexity index is 544. The van der Waals surface area contributed by atoms with Crippen molar-refractivity contribution in [2.45, 2.75) is 19.7 Å². The second-order valence-electron chi connectivity index (χ2n) is 3.34. The molecule has 0 aromatic carbocycles. The Morgan fingerprint density at radius 3 is 3.00 bits per heavy atom. The molecule has 2 aromatic heterocycles. The molecule has 0 radical (unpaired) electrons. The lowest BCUT2D eigenvalue weighted by molar-refractivity contribution is 0.158. The Labute approximate surface area is 105 Å². The molecule has 0 fully saturated rings. The zero-order valence-corrected chi connectivity index (χ0v) is 10.8. The summed E-state index contributed by atoms with van der Waals surface area (Å²) < 4.78 is 13.6. The first-order valence-electron chi connectivity index (χ1n) is 4.93. The summed E-state index contributed by atoms with van der Waals surface area (Å²) >= 11 is 3.29. The van der Waals surface area contributed by atoms with Crippen molar-refractivity contribution in [2.24, 2.45) is 0 Å². The van der Waals surface area contributed by atoms with Crippen molar-refractivity contribution in [1.29, 1.82) is 0 Å². The average Bonchev–Trinajstić information content (AvgIpc) is 2.83. The van der Waals surface area contributed by atoms with E-state index in [0.29, 0.717) is 13.1 Å². The van der Waals surface area contributed by atoms with Gasteiger partial charge in [0.2, 0.25) is 5.89 Å². The molecule has 0 aliphatic carbocycles. The van der Waals surface area contributed by atoms with Gasteiger partial charge in [0.15, 0.2) is 0 Å². The van der Waals surface area contributed by atoms with Crippen molar-refractivity contribution < 1.29 is 9.15 Å². The number of nitrogens with zero attached hydrogens (tertiary/aromatic N) is 4. The SMILES string of the molecule is COCc1nn(CCn2cc(Br)cn2)c(=O)o1. The molecule has 0 N–H and O–H groups in total. The van der Waals surface area contributed by atoms with E-state index in [1.165, 1.54) is 11.8 Å². The Hall–Kier alpha value is -1.41. The van der Waals surface area contributed by atoms with Crippen molar-refractivity contribution in [1.82, 2.24) is 19.6 Å². The predicted octanol–water partition coefficient (Wildman–Crippen LogP) is 0.642. The van der Waals surface area contributed by atoms with Crippen LogP contribution in [-0.2, 0) is 24.4 Å². The molecule has 92 valence electrons. The Morgan fingerprint density at radius 2 is 2.35 bits per heavy atom. The van der Waals surface area contributed by atoms with Crippen molar-refractivity contribution in [3.8, 4) is 0 Å². The molecule has 7 nitrogen and oxygen atoms in total. The highest BCUT2D eigenvalue weighted by atomic mass is 79.9. The van der Waals surface area contributed by atoms with Gasteiger partial charge in [0.1, 0.15) is 6.61 Å². The number of halogens is 1. The van der Waals surface area contributed by atoms with Crippen LogP contribution in [0.3, 0.4) is 0 Å². The molecule has 2 aromatic rings. The fraction of sp³-hybridized carbons (Fsp3) is 0.444.